The maximum Gasteiger partial charge on any atom is 0.308 e. The number of anilines is 2. The lowest BCUT2D eigenvalue weighted by molar-refractivity contribution is -0.118. The Morgan fingerprint density at radius 1 is 1.04 bits per heavy atom. The van der Waals surface area contributed by atoms with Crippen molar-refractivity contribution in [3.63, 3.8) is 0 Å². The molecular formula is C19H14F2N2O2S. The van der Waals surface area contributed by atoms with Crippen molar-refractivity contribution in [2.75, 3.05) is 4.90 Å². The molecule has 4 rings (SSSR count). The Kier molecular flexibility index (Phi) is 3.96. The van der Waals surface area contributed by atoms with E-state index in [4.69, 9.17) is 0 Å². The number of carbonyl (C=O) groups excluding carboxylic acids is 1. The molecule has 2 aromatic carbocycles. The van der Waals surface area contributed by atoms with Gasteiger partial charge in [-0.15, -0.1) is 0 Å². The summed E-state index contributed by atoms with van der Waals surface area (Å²) < 4.78 is 28.4. The van der Waals surface area contributed by atoms with Crippen LogP contribution in [0.25, 0.3) is 0 Å². The van der Waals surface area contributed by atoms with Gasteiger partial charge in [-0.25, -0.2) is 8.78 Å². The Morgan fingerprint density at radius 2 is 1.77 bits per heavy atom. The minimum absolute atomic E-state index is 0.149. The fourth-order valence-electron chi connectivity index (χ4n) is 3.27. The Balaban J connectivity index is 1.91. The predicted molar refractivity (Wildman–Crippen MR) is 96.0 cm³/mol. The molecule has 132 valence electrons. The zero-order chi connectivity index (χ0) is 18.4. The summed E-state index contributed by atoms with van der Waals surface area (Å²) in [4.78, 5) is 27.0. The average Bonchev–Trinajstić information content (AvgIpc) is 2.93. The van der Waals surface area contributed by atoms with Crippen molar-refractivity contribution in [2.45, 2.75) is 12.3 Å². The van der Waals surface area contributed by atoms with Gasteiger partial charge in [-0.1, -0.05) is 41.7 Å². The van der Waals surface area contributed by atoms with Crippen LogP contribution in [0.4, 0.5) is 20.3 Å². The zero-order valence-electron chi connectivity index (χ0n) is 13.8. The summed E-state index contributed by atoms with van der Waals surface area (Å²) in [5.74, 6) is -2.12. The maximum atomic E-state index is 13.7. The van der Waals surface area contributed by atoms with E-state index in [9.17, 15) is 18.4 Å². The minimum Gasteiger partial charge on any atom is -0.288 e. The van der Waals surface area contributed by atoms with Gasteiger partial charge in [0.2, 0.25) is 5.91 Å². The largest absolute Gasteiger partial charge is 0.308 e. The number of rotatable bonds is 2. The Labute approximate surface area is 151 Å². The molecular weight excluding hydrogens is 358 g/mol. The molecule has 0 unspecified atom stereocenters. The lowest BCUT2D eigenvalue weighted by atomic mass is 9.90. The second kappa shape index (κ2) is 6.17. The van der Waals surface area contributed by atoms with Gasteiger partial charge in [-0.05, 0) is 17.7 Å². The lowest BCUT2D eigenvalue weighted by Crippen LogP contribution is -2.34. The first-order valence-electron chi connectivity index (χ1n) is 8.00. The van der Waals surface area contributed by atoms with E-state index in [0.717, 1.165) is 33.9 Å². The van der Waals surface area contributed by atoms with Gasteiger partial charge < -0.3 is 0 Å². The molecule has 0 N–H and O–H groups in total. The number of fused-ring (bicyclic) bond motifs is 1. The van der Waals surface area contributed by atoms with Crippen LogP contribution < -0.4 is 9.77 Å². The Hall–Kier alpha value is -2.80. The van der Waals surface area contributed by atoms with Crippen molar-refractivity contribution in [3.05, 3.63) is 80.3 Å². The molecule has 1 aliphatic heterocycles. The molecule has 26 heavy (non-hydrogen) atoms. The highest BCUT2D eigenvalue weighted by Gasteiger charge is 2.37. The van der Waals surface area contributed by atoms with Crippen LogP contribution in [-0.4, -0.2) is 10.5 Å². The van der Waals surface area contributed by atoms with E-state index in [1.807, 2.05) is 30.3 Å². The van der Waals surface area contributed by atoms with Gasteiger partial charge >= 0.3 is 4.87 Å². The van der Waals surface area contributed by atoms with E-state index < -0.39 is 11.6 Å². The van der Waals surface area contributed by atoms with Crippen molar-refractivity contribution in [1.82, 2.24) is 4.57 Å². The SMILES string of the molecule is Cn1c2c(sc1=O)[C@@H](c1ccccc1)CC(=O)N2c1ccc(F)c(F)c1. The summed E-state index contributed by atoms with van der Waals surface area (Å²) in [6.45, 7) is 0. The van der Waals surface area contributed by atoms with Gasteiger partial charge in [-0.3, -0.25) is 19.1 Å². The minimum atomic E-state index is -1.04. The normalized spacial score (nSPS) is 16.7. The molecule has 1 aromatic heterocycles. The van der Waals surface area contributed by atoms with E-state index in [-0.39, 0.29) is 28.8 Å². The number of aromatic nitrogens is 1. The van der Waals surface area contributed by atoms with Crippen molar-refractivity contribution < 1.29 is 13.6 Å². The fourth-order valence-corrected chi connectivity index (χ4v) is 4.36. The second-order valence-electron chi connectivity index (χ2n) is 6.11. The molecule has 1 aliphatic rings. The van der Waals surface area contributed by atoms with Gasteiger partial charge in [0.25, 0.3) is 0 Å². The molecule has 0 saturated heterocycles. The smallest absolute Gasteiger partial charge is 0.288 e. The summed E-state index contributed by atoms with van der Waals surface area (Å²) >= 11 is 1.07. The third-order valence-electron chi connectivity index (χ3n) is 4.53. The molecule has 3 aromatic rings. The third kappa shape index (κ3) is 2.55. The number of carbonyl (C=O) groups is 1. The molecule has 0 saturated carbocycles. The van der Waals surface area contributed by atoms with Crippen LogP contribution in [0.3, 0.4) is 0 Å². The number of hydrogen-bond acceptors (Lipinski definition) is 3. The molecule has 0 bridgehead atoms. The van der Waals surface area contributed by atoms with Crippen LogP contribution in [0, 0.1) is 11.6 Å². The number of nitrogens with zero attached hydrogens (tertiary/aromatic N) is 2. The maximum absolute atomic E-state index is 13.7. The second-order valence-corrected chi connectivity index (χ2v) is 7.10. The molecule has 1 amide bonds. The molecule has 0 spiro atoms. The van der Waals surface area contributed by atoms with Crippen LogP contribution in [0.5, 0.6) is 0 Å². The molecule has 4 nitrogen and oxygen atoms in total. The first-order chi connectivity index (χ1) is 12.5. The summed E-state index contributed by atoms with van der Waals surface area (Å²) in [5.41, 5.74) is 1.14. The number of amides is 1. The third-order valence-corrected chi connectivity index (χ3v) is 5.66. The number of thiazole rings is 1. The van der Waals surface area contributed by atoms with Crippen LogP contribution >= 0.6 is 11.3 Å². The predicted octanol–water partition coefficient (Wildman–Crippen LogP) is 3.93. The first kappa shape index (κ1) is 16.7. The van der Waals surface area contributed by atoms with Crippen molar-refractivity contribution in [1.29, 1.82) is 0 Å². The molecule has 2 heterocycles. The molecule has 0 fully saturated rings. The zero-order valence-corrected chi connectivity index (χ0v) is 14.6. The number of halogens is 2. The summed E-state index contributed by atoms with van der Waals surface area (Å²) in [6.07, 6.45) is 0.149. The topological polar surface area (TPSA) is 42.3 Å². The van der Waals surface area contributed by atoms with Crippen molar-refractivity contribution in [2.24, 2.45) is 7.05 Å². The molecule has 0 radical (unpaired) electrons. The van der Waals surface area contributed by atoms with Gasteiger partial charge in [0.15, 0.2) is 11.6 Å². The lowest BCUT2D eigenvalue weighted by Gasteiger charge is -2.32. The Morgan fingerprint density at radius 3 is 2.46 bits per heavy atom. The standard InChI is InChI=1S/C19H14F2N2O2S/c1-22-18-17(26-19(22)25)13(11-5-3-2-4-6-11)10-16(24)23(18)12-7-8-14(20)15(21)9-12/h2-9,13H,10H2,1H3/t13-/m1/s1. The van der Waals surface area contributed by atoms with Gasteiger partial charge in [0.05, 0.1) is 10.6 Å². The van der Waals surface area contributed by atoms with E-state index in [0.29, 0.717) is 5.82 Å². The highest BCUT2D eigenvalue weighted by atomic mass is 32.1. The summed E-state index contributed by atoms with van der Waals surface area (Å²) in [7, 11) is 1.57. The highest BCUT2D eigenvalue weighted by molar-refractivity contribution is 7.10. The van der Waals surface area contributed by atoms with Crippen LogP contribution in [-0.2, 0) is 11.8 Å². The van der Waals surface area contributed by atoms with E-state index in [1.165, 1.54) is 15.5 Å². The average molecular weight is 372 g/mol. The molecule has 0 aliphatic carbocycles. The van der Waals surface area contributed by atoms with Crippen molar-refractivity contribution in [3.8, 4) is 0 Å². The number of benzene rings is 2. The monoisotopic (exact) mass is 372 g/mol. The van der Waals surface area contributed by atoms with Gasteiger partial charge in [-0.2, -0.15) is 0 Å². The summed E-state index contributed by atoms with van der Waals surface area (Å²) in [6, 6.07) is 12.8. The summed E-state index contributed by atoms with van der Waals surface area (Å²) in [5, 5.41) is 0. The van der Waals surface area contributed by atoms with Gasteiger partial charge in [0, 0.05) is 25.5 Å². The fraction of sp³-hybridized carbons (Fsp3) is 0.158. The first-order valence-corrected chi connectivity index (χ1v) is 8.81. The quantitative estimate of drug-likeness (QED) is 0.684. The Bertz CT molecular complexity index is 1060. The van der Waals surface area contributed by atoms with E-state index >= 15 is 0 Å². The highest BCUT2D eigenvalue weighted by Crippen LogP contribution is 2.44. The van der Waals surface area contributed by atoms with Crippen LogP contribution in [0.1, 0.15) is 22.8 Å². The van der Waals surface area contributed by atoms with Crippen LogP contribution in [0.15, 0.2) is 53.3 Å². The van der Waals surface area contributed by atoms with E-state index in [1.54, 1.807) is 7.05 Å². The molecule has 7 heteroatoms. The van der Waals surface area contributed by atoms with Crippen molar-refractivity contribution >= 4 is 28.7 Å². The van der Waals surface area contributed by atoms with Gasteiger partial charge in [0.1, 0.15) is 5.82 Å². The van der Waals surface area contributed by atoms with E-state index in [2.05, 4.69) is 0 Å². The molecule has 1 atom stereocenters. The van der Waals surface area contributed by atoms with Crippen LogP contribution in [0.2, 0.25) is 0 Å². The number of hydrogen-bond donors (Lipinski definition) is 0.